The number of benzene rings is 1. The largest absolute Gasteiger partial charge is 0.463 e. The van der Waals surface area contributed by atoms with Crippen molar-refractivity contribution in [2.75, 3.05) is 43.1 Å². The molecule has 2 aliphatic heterocycles. The van der Waals surface area contributed by atoms with Crippen LogP contribution in [0.3, 0.4) is 0 Å². The second kappa shape index (κ2) is 8.38. The zero-order valence-corrected chi connectivity index (χ0v) is 17.6. The quantitative estimate of drug-likeness (QED) is 0.749. The number of anilines is 2. The van der Waals surface area contributed by atoms with E-state index in [0.29, 0.717) is 59.8 Å². The molecule has 9 heteroatoms. The van der Waals surface area contributed by atoms with Crippen molar-refractivity contribution in [3.05, 3.63) is 51.7 Å². The van der Waals surface area contributed by atoms with Gasteiger partial charge >= 0.3 is 5.97 Å². The molecule has 156 valence electrons. The zero-order valence-electron chi connectivity index (χ0n) is 16.8. The summed E-state index contributed by atoms with van der Waals surface area (Å²) in [4.78, 5) is 14.9. The Morgan fingerprint density at radius 2 is 2.07 bits per heavy atom. The molecule has 0 amide bonds. The van der Waals surface area contributed by atoms with Gasteiger partial charge in [0.2, 0.25) is 0 Å². The maximum Gasteiger partial charge on any atom is 0.338 e. The van der Waals surface area contributed by atoms with E-state index in [1.54, 1.807) is 30.7 Å². The van der Waals surface area contributed by atoms with Crippen molar-refractivity contribution in [2.24, 2.45) is 0 Å². The number of morpholine rings is 1. The third-order valence-corrected chi connectivity index (χ3v) is 5.48. The number of carbonyl (C=O) groups is 1. The van der Waals surface area contributed by atoms with Crippen molar-refractivity contribution in [1.29, 1.82) is 5.26 Å². The van der Waals surface area contributed by atoms with Crippen LogP contribution < -0.4 is 10.2 Å². The Balaban J connectivity index is 1.88. The van der Waals surface area contributed by atoms with Gasteiger partial charge in [0, 0.05) is 23.8 Å². The lowest BCUT2D eigenvalue weighted by Gasteiger charge is -2.29. The van der Waals surface area contributed by atoms with Crippen LogP contribution in [0.2, 0.25) is 5.02 Å². The lowest BCUT2D eigenvalue weighted by Crippen LogP contribution is -2.37. The summed E-state index contributed by atoms with van der Waals surface area (Å²) < 4.78 is 12.5. The van der Waals surface area contributed by atoms with E-state index < -0.39 is 12.0 Å². The molecular formula is C21H22ClN5O3. The molecule has 1 aromatic heterocycles. The van der Waals surface area contributed by atoms with Gasteiger partial charge in [0.1, 0.15) is 23.5 Å². The van der Waals surface area contributed by atoms with Crippen LogP contribution >= 0.6 is 11.6 Å². The number of nitrogens with one attached hydrogen (secondary N) is 1. The Labute approximate surface area is 179 Å². The van der Waals surface area contributed by atoms with Gasteiger partial charge in [-0.25, -0.2) is 9.48 Å². The number of aromatic nitrogens is 2. The zero-order chi connectivity index (χ0) is 21.3. The Morgan fingerprint density at radius 1 is 1.37 bits per heavy atom. The number of fused-ring (bicyclic) bond motifs is 1. The van der Waals surface area contributed by atoms with E-state index in [2.05, 4.69) is 11.4 Å². The molecule has 4 rings (SSSR count). The highest BCUT2D eigenvalue weighted by Crippen LogP contribution is 2.41. The lowest BCUT2D eigenvalue weighted by molar-refractivity contribution is -0.139. The normalized spacial score (nSPS) is 18.5. The molecule has 1 atom stereocenters. The SMILES string of the molecule is CCOC(=O)C1=C(C)Nc2c(C#N)c(N3CCOCC3)nn2C1c1ccc(Cl)cc1. The molecule has 0 aliphatic carbocycles. The standard InChI is InChI=1S/C21H22ClN5O3/c1-3-30-21(28)17-13(2)24-19-16(12-23)20(26-8-10-29-11-9-26)25-27(19)18(17)14-4-6-15(22)7-5-14/h4-7,18,24H,3,8-11H2,1-2H3. The number of esters is 1. The number of nitriles is 1. The topological polar surface area (TPSA) is 92.4 Å². The fourth-order valence-corrected chi connectivity index (χ4v) is 3.95. The van der Waals surface area contributed by atoms with E-state index in [1.807, 2.05) is 17.0 Å². The van der Waals surface area contributed by atoms with Gasteiger partial charge < -0.3 is 19.7 Å². The summed E-state index contributed by atoms with van der Waals surface area (Å²) in [6.07, 6.45) is 0. The maximum atomic E-state index is 12.9. The first kappa shape index (κ1) is 20.3. The predicted molar refractivity (Wildman–Crippen MR) is 113 cm³/mol. The van der Waals surface area contributed by atoms with Crippen LogP contribution in [-0.2, 0) is 14.3 Å². The minimum Gasteiger partial charge on any atom is -0.463 e. The number of allylic oxidation sites excluding steroid dienone is 1. The average molecular weight is 428 g/mol. The van der Waals surface area contributed by atoms with Crippen LogP contribution in [0.15, 0.2) is 35.5 Å². The van der Waals surface area contributed by atoms with Gasteiger partial charge in [-0.1, -0.05) is 23.7 Å². The highest BCUT2D eigenvalue weighted by Gasteiger charge is 2.37. The molecule has 0 radical (unpaired) electrons. The number of rotatable bonds is 4. The van der Waals surface area contributed by atoms with Crippen molar-refractivity contribution < 1.29 is 14.3 Å². The number of hydrogen-bond donors (Lipinski definition) is 1. The minimum absolute atomic E-state index is 0.261. The Bertz CT molecular complexity index is 1030. The van der Waals surface area contributed by atoms with E-state index in [9.17, 15) is 10.1 Å². The van der Waals surface area contributed by atoms with Crippen molar-refractivity contribution in [3.63, 3.8) is 0 Å². The van der Waals surface area contributed by atoms with E-state index in [1.165, 1.54) is 0 Å². The summed E-state index contributed by atoms with van der Waals surface area (Å²) in [6, 6.07) is 9.00. The first-order chi connectivity index (χ1) is 14.5. The van der Waals surface area contributed by atoms with Crippen molar-refractivity contribution in [2.45, 2.75) is 19.9 Å². The Hall–Kier alpha value is -3.02. The summed E-state index contributed by atoms with van der Waals surface area (Å²) in [6.45, 7) is 6.28. The molecule has 3 heterocycles. The summed E-state index contributed by atoms with van der Waals surface area (Å²) in [5, 5.41) is 18.5. The highest BCUT2D eigenvalue weighted by molar-refractivity contribution is 6.30. The maximum absolute atomic E-state index is 12.9. The first-order valence-electron chi connectivity index (χ1n) is 9.80. The second-order valence-electron chi connectivity index (χ2n) is 7.04. The van der Waals surface area contributed by atoms with Gasteiger partial charge in [0.05, 0.1) is 25.4 Å². The molecule has 2 aromatic rings. The smallest absolute Gasteiger partial charge is 0.338 e. The molecule has 1 unspecified atom stereocenters. The van der Waals surface area contributed by atoms with E-state index in [-0.39, 0.29) is 6.61 Å². The molecule has 2 aliphatic rings. The number of hydrogen-bond acceptors (Lipinski definition) is 7. The average Bonchev–Trinajstić information content (AvgIpc) is 3.12. The summed E-state index contributed by atoms with van der Waals surface area (Å²) in [7, 11) is 0. The van der Waals surface area contributed by atoms with Crippen molar-refractivity contribution in [1.82, 2.24) is 9.78 Å². The summed E-state index contributed by atoms with van der Waals surface area (Å²) >= 11 is 6.08. The van der Waals surface area contributed by atoms with Crippen LogP contribution in [0.4, 0.5) is 11.6 Å². The lowest BCUT2D eigenvalue weighted by atomic mass is 9.95. The molecule has 1 saturated heterocycles. The molecule has 30 heavy (non-hydrogen) atoms. The molecule has 8 nitrogen and oxygen atoms in total. The van der Waals surface area contributed by atoms with Gasteiger partial charge in [0.25, 0.3) is 0 Å². The van der Waals surface area contributed by atoms with Crippen molar-refractivity contribution in [3.8, 4) is 6.07 Å². The van der Waals surface area contributed by atoms with Crippen LogP contribution in [0.5, 0.6) is 0 Å². The van der Waals surface area contributed by atoms with Gasteiger partial charge in [0.15, 0.2) is 5.82 Å². The fourth-order valence-electron chi connectivity index (χ4n) is 3.83. The van der Waals surface area contributed by atoms with Gasteiger partial charge in [-0.2, -0.15) is 10.4 Å². The first-order valence-corrected chi connectivity index (χ1v) is 10.2. The fraction of sp³-hybridized carbons (Fsp3) is 0.381. The molecule has 0 bridgehead atoms. The predicted octanol–water partition coefficient (Wildman–Crippen LogP) is 3.10. The van der Waals surface area contributed by atoms with E-state index >= 15 is 0 Å². The number of halogens is 1. The number of nitrogens with zero attached hydrogens (tertiary/aromatic N) is 4. The molecule has 1 aromatic carbocycles. The van der Waals surface area contributed by atoms with Crippen LogP contribution in [-0.4, -0.2) is 48.7 Å². The van der Waals surface area contributed by atoms with Gasteiger partial charge in [-0.05, 0) is 31.5 Å². The minimum atomic E-state index is -0.542. The summed E-state index contributed by atoms with van der Waals surface area (Å²) in [5.74, 6) is 0.722. The Kier molecular flexibility index (Phi) is 5.66. The molecule has 0 saturated carbocycles. The van der Waals surface area contributed by atoms with E-state index in [0.717, 1.165) is 5.56 Å². The Morgan fingerprint density at radius 3 is 2.70 bits per heavy atom. The monoisotopic (exact) mass is 427 g/mol. The second-order valence-corrected chi connectivity index (χ2v) is 7.48. The highest BCUT2D eigenvalue weighted by atomic mass is 35.5. The molecular weight excluding hydrogens is 406 g/mol. The van der Waals surface area contributed by atoms with E-state index in [4.69, 9.17) is 26.2 Å². The summed E-state index contributed by atoms with van der Waals surface area (Å²) in [5.41, 5.74) is 2.35. The third-order valence-electron chi connectivity index (χ3n) is 5.22. The number of carbonyl (C=O) groups excluding carboxylic acids is 1. The van der Waals surface area contributed by atoms with Gasteiger partial charge in [-0.3, -0.25) is 0 Å². The molecule has 1 fully saturated rings. The van der Waals surface area contributed by atoms with Crippen LogP contribution in [0.25, 0.3) is 0 Å². The molecule has 0 spiro atoms. The van der Waals surface area contributed by atoms with Crippen LogP contribution in [0, 0.1) is 11.3 Å². The number of ether oxygens (including phenoxy) is 2. The molecule has 1 N–H and O–H groups in total. The van der Waals surface area contributed by atoms with Crippen molar-refractivity contribution >= 4 is 29.2 Å². The van der Waals surface area contributed by atoms with Crippen LogP contribution in [0.1, 0.15) is 31.0 Å². The van der Waals surface area contributed by atoms with Gasteiger partial charge in [-0.15, -0.1) is 0 Å². The third kappa shape index (κ3) is 3.51.